The van der Waals surface area contributed by atoms with Gasteiger partial charge in [-0.25, -0.2) is 9.97 Å². The summed E-state index contributed by atoms with van der Waals surface area (Å²) in [5.41, 5.74) is 6.41. The second-order valence-electron chi connectivity index (χ2n) is 3.56. The minimum Gasteiger partial charge on any atom is -0.492 e. The minimum atomic E-state index is 0.440. The van der Waals surface area contributed by atoms with Crippen molar-refractivity contribution in [2.45, 2.75) is 13.3 Å². The van der Waals surface area contributed by atoms with E-state index in [-0.39, 0.29) is 0 Å². The van der Waals surface area contributed by atoms with E-state index >= 15 is 0 Å². The Morgan fingerprint density at radius 2 is 2.24 bits per heavy atom. The Hall–Kier alpha value is -2.17. The molecule has 0 unspecified atom stereocenters. The summed E-state index contributed by atoms with van der Waals surface area (Å²) in [5.74, 6) is 1.71. The Bertz CT molecular complexity index is 501. The zero-order valence-electron chi connectivity index (χ0n) is 9.63. The van der Waals surface area contributed by atoms with E-state index in [0.29, 0.717) is 18.2 Å². The Morgan fingerprint density at radius 3 is 3.00 bits per heavy atom. The van der Waals surface area contributed by atoms with E-state index in [2.05, 4.69) is 21.9 Å². The lowest BCUT2D eigenvalue weighted by atomic mass is 10.2. The molecule has 0 aliphatic rings. The molecule has 2 rings (SSSR count). The maximum atomic E-state index is 5.61. The molecule has 0 bridgehead atoms. The Kier molecular flexibility index (Phi) is 3.49. The first kappa shape index (κ1) is 11.3. The van der Waals surface area contributed by atoms with Gasteiger partial charge in [0.1, 0.15) is 11.6 Å². The van der Waals surface area contributed by atoms with Crippen LogP contribution in [0.25, 0.3) is 11.4 Å². The van der Waals surface area contributed by atoms with Crippen molar-refractivity contribution in [3.63, 3.8) is 0 Å². The topological polar surface area (TPSA) is 73.9 Å². The monoisotopic (exact) mass is 230 g/mol. The fraction of sp³-hybridized carbons (Fsp3) is 0.250. The molecule has 0 saturated heterocycles. The summed E-state index contributed by atoms with van der Waals surface area (Å²) in [6.07, 6.45) is 5.94. The molecule has 17 heavy (non-hydrogen) atoms. The van der Waals surface area contributed by atoms with E-state index in [1.54, 1.807) is 24.7 Å². The fourth-order valence-electron chi connectivity index (χ4n) is 1.35. The van der Waals surface area contributed by atoms with E-state index in [1.165, 1.54) is 0 Å². The van der Waals surface area contributed by atoms with Crippen molar-refractivity contribution in [1.82, 2.24) is 15.0 Å². The first-order chi connectivity index (χ1) is 8.29. The number of anilines is 1. The molecular formula is C12H14N4O. The average Bonchev–Trinajstić information content (AvgIpc) is 2.37. The summed E-state index contributed by atoms with van der Waals surface area (Å²) in [6.45, 7) is 2.72. The number of nitrogens with zero attached hydrogens (tertiary/aromatic N) is 3. The normalized spacial score (nSPS) is 10.2. The zero-order valence-corrected chi connectivity index (χ0v) is 9.63. The summed E-state index contributed by atoms with van der Waals surface area (Å²) >= 11 is 0. The van der Waals surface area contributed by atoms with Gasteiger partial charge in [0.25, 0.3) is 0 Å². The molecule has 0 saturated carbocycles. The maximum Gasteiger partial charge on any atom is 0.163 e. The second-order valence-corrected chi connectivity index (χ2v) is 3.56. The van der Waals surface area contributed by atoms with Crippen molar-refractivity contribution in [3.05, 3.63) is 30.7 Å². The highest BCUT2D eigenvalue weighted by Gasteiger charge is 2.03. The van der Waals surface area contributed by atoms with Gasteiger partial charge in [-0.05, 0) is 18.6 Å². The van der Waals surface area contributed by atoms with Crippen LogP contribution in [0.1, 0.15) is 13.3 Å². The number of hydrogen-bond donors (Lipinski definition) is 1. The molecule has 0 aliphatic heterocycles. The number of pyridine rings is 1. The Balaban J connectivity index is 2.26. The van der Waals surface area contributed by atoms with Crippen LogP contribution in [0, 0.1) is 0 Å². The van der Waals surface area contributed by atoms with Gasteiger partial charge in [0.2, 0.25) is 0 Å². The van der Waals surface area contributed by atoms with Crippen LogP contribution in [0.2, 0.25) is 0 Å². The van der Waals surface area contributed by atoms with Crippen LogP contribution in [0.4, 0.5) is 5.82 Å². The maximum absolute atomic E-state index is 5.61. The molecule has 0 amide bonds. The summed E-state index contributed by atoms with van der Waals surface area (Å²) < 4.78 is 5.50. The largest absolute Gasteiger partial charge is 0.492 e. The van der Waals surface area contributed by atoms with E-state index < -0.39 is 0 Å². The predicted octanol–water partition coefficient (Wildman–Crippen LogP) is 1.91. The molecule has 0 atom stereocenters. The van der Waals surface area contributed by atoms with Crippen molar-refractivity contribution in [2.24, 2.45) is 0 Å². The third-order valence-electron chi connectivity index (χ3n) is 2.12. The summed E-state index contributed by atoms with van der Waals surface area (Å²) in [6, 6.07) is 3.51. The van der Waals surface area contributed by atoms with Crippen LogP contribution in [-0.4, -0.2) is 21.6 Å². The van der Waals surface area contributed by atoms with E-state index in [1.807, 2.05) is 6.07 Å². The van der Waals surface area contributed by atoms with Gasteiger partial charge in [-0.2, -0.15) is 0 Å². The molecule has 0 aromatic carbocycles. The lowest BCUT2D eigenvalue weighted by molar-refractivity contribution is 0.316. The van der Waals surface area contributed by atoms with Gasteiger partial charge >= 0.3 is 0 Å². The van der Waals surface area contributed by atoms with E-state index in [9.17, 15) is 0 Å². The van der Waals surface area contributed by atoms with Crippen molar-refractivity contribution in [2.75, 3.05) is 12.3 Å². The number of ether oxygens (including phenoxy) is 1. The van der Waals surface area contributed by atoms with Gasteiger partial charge in [0.15, 0.2) is 5.82 Å². The predicted molar refractivity (Wildman–Crippen MR) is 65.5 cm³/mol. The number of hydrogen-bond acceptors (Lipinski definition) is 5. The van der Waals surface area contributed by atoms with E-state index in [0.717, 1.165) is 17.7 Å². The van der Waals surface area contributed by atoms with Gasteiger partial charge in [-0.1, -0.05) is 6.92 Å². The van der Waals surface area contributed by atoms with Crippen LogP contribution < -0.4 is 10.5 Å². The van der Waals surface area contributed by atoms with Gasteiger partial charge in [-0.3, -0.25) is 4.98 Å². The van der Waals surface area contributed by atoms with Crippen LogP contribution in [0.15, 0.2) is 30.7 Å². The molecule has 0 fully saturated rings. The molecule has 2 heterocycles. The van der Waals surface area contributed by atoms with Gasteiger partial charge in [-0.15, -0.1) is 0 Å². The molecule has 88 valence electrons. The first-order valence-corrected chi connectivity index (χ1v) is 5.46. The Morgan fingerprint density at radius 1 is 1.35 bits per heavy atom. The summed E-state index contributed by atoms with van der Waals surface area (Å²) in [4.78, 5) is 12.4. The molecule has 0 radical (unpaired) electrons. The zero-order chi connectivity index (χ0) is 12.1. The van der Waals surface area contributed by atoms with Crippen LogP contribution >= 0.6 is 0 Å². The SMILES string of the molecule is CCCOc1cncc(-c2nccc(N)n2)c1. The smallest absolute Gasteiger partial charge is 0.163 e. The lowest BCUT2D eigenvalue weighted by Gasteiger charge is -2.05. The third kappa shape index (κ3) is 2.90. The van der Waals surface area contributed by atoms with Crippen LogP contribution in [0.5, 0.6) is 5.75 Å². The van der Waals surface area contributed by atoms with Gasteiger partial charge in [0.05, 0.1) is 12.8 Å². The van der Waals surface area contributed by atoms with Crippen molar-refractivity contribution in [3.8, 4) is 17.1 Å². The minimum absolute atomic E-state index is 0.440. The van der Waals surface area contributed by atoms with Gasteiger partial charge < -0.3 is 10.5 Å². The van der Waals surface area contributed by atoms with Crippen LogP contribution in [0.3, 0.4) is 0 Å². The number of aromatic nitrogens is 3. The van der Waals surface area contributed by atoms with Crippen molar-refractivity contribution < 1.29 is 4.74 Å². The highest BCUT2D eigenvalue weighted by Crippen LogP contribution is 2.19. The number of nitrogen functional groups attached to an aromatic ring is 1. The average molecular weight is 230 g/mol. The van der Waals surface area contributed by atoms with Crippen molar-refractivity contribution in [1.29, 1.82) is 0 Å². The highest BCUT2D eigenvalue weighted by molar-refractivity contribution is 5.56. The number of nitrogens with two attached hydrogens (primary N) is 1. The van der Waals surface area contributed by atoms with Gasteiger partial charge in [0, 0.05) is 18.0 Å². The molecule has 0 spiro atoms. The Labute approximate surface area is 99.7 Å². The lowest BCUT2D eigenvalue weighted by Crippen LogP contribution is -1.98. The molecule has 0 aliphatic carbocycles. The molecule has 2 N–H and O–H groups in total. The third-order valence-corrected chi connectivity index (χ3v) is 2.12. The van der Waals surface area contributed by atoms with Crippen molar-refractivity contribution >= 4 is 5.82 Å². The fourth-order valence-corrected chi connectivity index (χ4v) is 1.35. The number of rotatable bonds is 4. The van der Waals surface area contributed by atoms with Crippen LogP contribution in [-0.2, 0) is 0 Å². The molecule has 2 aromatic heterocycles. The summed E-state index contributed by atoms with van der Waals surface area (Å²) in [7, 11) is 0. The highest BCUT2D eigenvalue weighted by atomic mass is 16.5. The summed E-state index contributed by atoms with van der Waals surface area (Å²) in [5, 5.41) is 0. The second kappa shape index (κ2) is 5.25. The molecule has 5 heteroatoms. The molecule has 2 aromatic rings. The molecular weight excluding hydrogens is 216 g/mol. The quantitative estimate of drug-likeness (QED) is 0.868. The standard InChI is InChI=1S/C12H14N4O/c1-2-5-17-10-6-9(7-14-8-10)12-15-4-3-11(13)16-12/h3-4,6-8H,2,5H2,1H3,(H2,13,15,16). The molecule has 5 nitrogen and oxygen atoms in total. The first-order valence-electron chi connectivity index (χ1n) is 5.46. The van der Waals surface area contributed by atoms with E-state index in [4.69, 9.17) is 10.5 Å².